The SMILES string of the molecule is O=C(C[n+]1ccsc1)c1ccccc1.O=C(C[n+]1ccsc1)c1ccccc1.[Br-].[Br-]. The van der Waals surface area contributed by atoms with Crippen LogP contribution in [0.4, 0.5) is 0 Å². The van der Waals surface area contributed by atoms with E-state index in [1.165, 1.54) is 0 Å². The average Bonchev–Trinajstić information content (AvgIpc) is 3.44. The molecule has 0 aliphatic rings. The first kappa shape index (κ1) is 26.0. The van der Waals surface area contributed by atoms with Crippen molar-refractivity contribution < 1.29 is 52.7 Å². The maximum Gasteiger partial charge on any atom is 0.227 e. The van der Waals surface area contributed by atoms with E-state index in [1.54, 1.807) is 22.7 Å². The third-order valence-electron chi connectivity index (χ3n) is 3.90. The average molecular weight is 568 g/mol. The first-order valence-electron chi connectivity index (χ1n) is 8.71. The van der Waals surface area contributed by atoms with E-state index in [0.29, 0.717) is 13.1 Å². The summed E-state index contributed by atoms with van der Waals surface area (Å²) in [5.74, 6) is 0.294. The molecule has 30 heavy (non-hydrogen) atoms. The van der Waals surface area contributed by atoms with Gasteiger partial charge in [-0.05, 0) is 0 Å². The summed E-state index contributed by atoms with van der Waals surface area (Å²) in [6.45, 7) is 0.848. The van der Waals surface area contributed by atoms with Crippen LogP contribution in [-0.2, 0) is 13.1 Å². The molecule has 2 aromatic carbocycles. The van der Waals surface area contributed by atoms with E-state index in [-0.39, 0.29) is 45.5 Å². The predicted octanol–water partition coefficient (Wildman–Crippen LogP) is -2.15. The summed E-state index contributed by atoms with van der Waals surface area (Å²) in [4.78, 5) is 23.4. The molecule has 0 amide bonds. The van der Waals surface area contributed by atoms with Crippen LogP contribution in [0.3, 0.4) is 0 Å². The number of halogens is 2. The Hall–Kier alpha value is -2.00. The van der Waals surface area contributed by atoms with Crippen molar-refractivity contribution in [3.8, 4) is 0 Å². The molecule has 8 heteroatoms. The number of nitrogens with zero attached hydrogens (tertiary/aromatic N) is 2. The molecule has 2 heterocycles. The van der Waals surface area contributed by atoms with E-state index in [4.69, 9.17) is 0 Å². The van der Waals surface area contributed by atoms with E-state index in [9.17, 15) is 9.59 Å². The van der Waals surface area contributed by atoms with Gasteiger partial charge in [0.1, 0.15) is 0 Å². The molecular formula is C22H20Br2N2O2S2. The van der Waals surface area contributed by atoms with Crippen molar-refractivity contribution in [3.63, 3.8) is 0 Å². The van der Waals surface area contributed by atoms with Gasteiger partial charge in [-0.2, -0.15) is 9.13 Å². The molecule has 0 aliphatic carbocycles. The first-order valence-corrected chi connectivity index (χ1v) is 10.6. The lowest BCUT2D eigenvalue weighted by Gasteiger charge is -1.94. The Labute approximate surface area is 205 Å². The van der Waals surface area contributed by atoms with Gasteiger partial charge >= 0.3 is 0 Å². The van der Waals surface area contributed by atoms with Crippen molar-refractivity contribution in [1.82, 2.24) is 0 Å². The Morgan fingerprint density at radius 3 is 1.30 bits per heavy atom. The van der Waals surface area contributed by atoms with Crippen molar-refractivity contribution in [1.29, 1.82) is 0 Å². The molecule has 0 unspecified atom stereocenters. The topological polar surface area (TPSA) is 41.9 Å². The largest absolute Gasteiger partial charge is 1.00 e. The smallest absolute Gasteiger partial charge is 0.227 e. The highest BCUT2D eigenvalue weighted by molar-refractivity contribution is 7.07. The molecule has 156 valence electrons. The number of aromatic nitrogens is 2. The zero-order valence-corrected chi connectivity index (χ0v) is 20.7. The van der Waals surface area contributed by atoms with Gasteiger partial charge in [0.15, 0.2) is 12.4 Å². The molecule has 0 saturated carbocycles. The fraction of sp³-hybridized carbons (Fsp3) is 0.0909. The highest BCUT2D eigenvalue weighted by atomic mass is 79.9. The number of Topliss-reactive ketones (excluding diaryl/α,β-unsaturated/α-hetero) is 2. The fourth-order valence-electron chi connectivity index (χ4n) is 2.47. The number of thiazole rings is 2. The zero-order chi connectivity index (χ0) is 19.6. The molecule has 0 N–H and O–H groups in total. The van der Waals surface area contributed by atoms with Gasteiger partial charge in [-0.1, -0.05) is 83.3 Å². The van der Waals surface area contributed by atoms with Crippen molar-refractivity contribution in [2.45, 2.75) is 13.1 Å². The lowest BCUT2D eigenvalue weighted by Crippen LogP contribution is -3.00. The van der Waals surface area contributed by atoms with Gasteiger partial charge in [-0.3, -0.25) is 9.59 Å². The summed E-state index contributed by atoms with van der Waals surface area (Å²) in [5, 5.41) is 3.91. The second kappa shape index (κ2) is 14.1. The number of hydrogen-bond acceptors (Lipinski definition) is 4. The van der Waals surface area contributed by atoms with E-state index in [2.05, 4.69) is 0 Å². The van der Waals surface area contributed by atoms with Gasteiger partial charge in [0.25, 0.3) is 0 Å². The summed E-state index contributed by atoms with van der Waals surface area (Å²) in [7, 11) is 0. The van der Waals surface area contributed by atoms with Crippen LogP contribution in [0, 0.1) is 0 Å². The summed E-state index contributed by atoms with van der Waals surface area (Å²) >= 11 is 3.18. The minimum absolute atomic E-state index is 0. The number of benzene rings is 2. The van der Waals surface area contributed by atoms with Crippen LogP contribution in [0.25, 0.3) is 0 Å². The van der Waals surface area contributed by atoms with Crippen LogP contribution >= 0.6 is 22.7 Å². The van der Waals surface area contributed by atoms with Crippen molar-refractivity contribution >= 4 is 34.2 Å². The number of carbonyl (C=O) groups excluding carboxylic acids is 2. The lowest BCUT2D eigenvalue weighted by atomic mass is 10.1. The Morgan fingerprint density at radius 2 is 1.00 bits per heavy atom. The summed E-state index contributed by atoms with van der Waals surface area (Å²) < 4.78 is 3.78. The molecule has 0 radical (unpaired) electrons. The Balaban J connectivity index is 0.000000281. The number of ketones is 2. The van der Waals surface area contributed by atoms with Gasteiger partial charge in [0, 0.05) is 11.1 Å². The molecule has 4 aromatic rings. The van der Waals surface area contributed by atoms with E-state index >= 15 is 0 Å². The zero-order valence-electron chi connectivity index (χ0n) is 15.9. The van der Waals surface area contributed by atoms with Gasteiger partial charge in [0.05, 0.1) is 10.8 Å². The first-order chi connectivity index (χ1) is 13.7. The third kappa shape index (κ3) is 8.39. The van der Waals surface area contributed by atoms with Gasteiger partial charge in [-0.15, -0.1) is 0 Å². The second-order valence-electron chi connectivity index (χ2n) is 5.98. The highest BCUT2D eigenvalue weighted by Crippen LogP contribution is 2.01. The maximum absolute atomic E-state index is 11.7. The molecule has 0 aliphatic heterocycles. The molecule has 0 bridgehead atoms. The Bertz CT molecular complexity index is 911. The van der Waals surface area contributed by atoms with E-state index in [1.807, 2.05) is 104 Å². The quantitative estimate of drug-likeness (QED) is 0.197. The lowest BCUT2D eigenvalue weighted by molar-refractivity contribution is -0.678. The summed E-state index contributed by atoms with van der Waals surface area (Å²) in [6, 6.07) is 18.7. The normalized spacial score (nSPS) is 9.33. The summed E-state index contributed by atoms with van der Waals surface area (Å²) in [5.41, 5.74) is 5.40. The van der Waals surface area contributed by atoms with Gasteiger partial charge in [-0.25, -0.2) is 0 Å². The number of hydrogen-bond donors (Lipinski definition) is 0. The van der Waals surface area contributed by atoms with Crippen molar-refractivity contribution in [2.75, 3.05) is 0 Å². The third-order valence-corrected chi connectivity index (χ3v) is 5.24. The highest BCUT2D eigenvalue weighted by Gasteiger charge is 2.11. The number of rotatable bonds is 6. The van der Waals surface area contributed by atoms with Gasteiger partial charge in [0.2, 0.25) is 35.7 Å². The monoisotopic (exact) mass is 566 g/mol. The van der Waals surface area contributed by atoms with E-state index < -0.39 is 0 Å². The fourth-order valence-corrected chi connectivity index (χ4v) is 3.66. The molecular weight excluding hydrogens is 548 g/mol. The van der Waals surface area contributed by atoms with Crippen LogP contribution in [0.15, 0.2) is 94.8 Å². The Morgan fingerprint density at radius 1 is 0.633 bits per heavy atom. The molecule has 4 nitrogen and oxygen atoms in total. The molecule has 2 aromatic heterocycles. The molecule has 0 spiro atoms. The molecule has 0 saturated heterocycles. The second-order valence-corrected chi connectivity index (χ2v) is 7.49. The minimum Gasteiger partial charge on any atom is -1.00 e. The molecule has 0 atom stereocenters. The maximum atomic E-state index is 11.7. The predicted molar refractivity (Wildman–Crippen MR) is 111 cm³/mol. The minimum atomic E-state index is 0. The number of carbonyl (C=O) groups is 2. The van der Waals surface area contributed by atoms with Crippen LogP contribution in [0.5, 0.6) is 0 Å². The van der Waals surface area contributed by atoms with Crippen LogP contribution in [-0.4, -0.2) is 11.6 Å². The molecule has 0 fully saturated rings. The van der Waals surface area contributed by atoms with Crippen molar-refractivity contribution in [3.05, 3.63) is 106 Å². The van der Waals surface area contributed by atoms with Gasteiger partial charge < -0.3 is 34.0 Å². The summed E-state index contributed by atoms with van der Waals surface area (Å²) in [6.07, 6.45) is 3.82. The van der Waals surface area contributed by atoms with E-state index in [0.717, 1.165) is 11.1 Å². The molecule has 4 rings (SSSR count). The van der Waals surface area contributed by atoms with Crippen LogP contribution < -0.4 is 43.1 Å². The Kier molecular flexibility index (Phi) is 12.2. The van der Waals surface area contributed by atoms with Crippen LogP contribution in [0.2, 0.25) is 0 Å². The van der Waals surface area contributed by atoms with Crippen molar-refractivity contribution in [2.24, 2.45) is 0 Å². The van der Waals surface area contributed by atoms with Crippen LogP contribution in [0.1, 0.15) is 20.7 Å². The standard InChI is InChI=1S/2C11H10NOS.2BrH/c2*13-11(8-12-6-7-14-9-12)10-4-2-1-3-5-10;;/h2*1-7,9H,8H2;2*1H/q2*+1;;/p-2.